The van der Waals surface area contributed by atoms with Crippen LogP contribution in [0.15, 0.2) is 22.7 Å². The fourth-order valence-electron chi connectivity index (χ4n) is 1.07. The molecule has 0 bridgehead atoms. The molecule has 1 aromatic carbocycles. The number of methoxy groups -OCH3 is 1. The molecule has 1 unspecified atom stereocenters. The van der Waals surface area contributed by atoms with Gasteiger partial charge in [0, 0.05) is 10.0 Å². The fourth-order valence-corrected chi connectivity index (χ4v) is 1.65. The zero-order valence-corrected chi connectivity index (χ0v) is 10.0. The van der Waals surface area contributed by atoms with E-state index >= 15 is 0 Å². The van der Waals surface area contributed by atoms with Crippen LogP contribution < -0.4 is 10.1 Å². The summed E-state index contributed by atoms with van der Waals surface area (Å²) >= 11 is 7.78. The Morgan fingerprint density at radius 1 is 1.54 bits per heavy atom. The van der Waals surface area contributed by atoms with Crippen LogP contribution in [0.4, 0.5) is 0 Å². The van der Waals surface area contributed by atoms with E-state index in [0.717, 1.165) is 15.8 Å². The number of ether oxygens (including phenoxy) is 1. The Bertz CT molecular complexity index is 293. The molecular formula is C9H12BrNOS. The van der Waals surface area contributed by atoms with E-state index < -0.39 is 0 Å². The van der Waals surface area contributed by atoms with Gasteiger partial charge in [0.25, 0.3) is 0 Å². The second-order valence-electron chi connectivity index (χ2n) is 2.58. The third-order valence-electron chi connectivity index (χ3n) is 1.76. The summed E-state index contributed by atoms with van der Waals surface area (Å²) < 4.78 is 6.24. The third kappa shape index (κ3) is 2.62. The molecule has 2 nitrogen and oxygen atoms in total. The quantitative estimate of drug-likeness (QED) is 0.645. The predicted octanol–water partition coefficient (Wildman–Crippen LogP) is 2.61. The molecular weight excluding hydrogens is 250 g/mol. The van der Waals surface area contributed by atoms with Crippen LogP contribution in [0.3, 0.4) is 0 Å². The molecule has 1 rings (SSSR count). The maximum absolute atomic E-state index is 5.21. The number of hydrogen-bond donors (Lipinski definition) is 2. The lowest BCUT2D eigenvalue weighted by Gasteiger charge is -2.14. The van der Waals surface area contributed by atoms with E-state index in [0.29, 0.717) is 0 Å². The van der Waals surface area contributed by atoms with Crippen LogP contribution >= 0.6 is 28.6 Å². The van der Waals surface area contributed by atoms with Crippen molar-refractivity contribution in [1.82, 2.24) is 5.32 Å². The summed E-state index contributed by atoms with van der Waals surface area (Å²) in [6, 6.07) is 5.85. The van der Waals surface area contributed by atoms with Gasteiger partial charge in [0.05, 0.1) is 12.5 Å². The average Bonchev–Trinajstić information content (AvgIpc) is 2.16. The molecule has 0 aliphatic heterocycles. The second-order valence-corrected chi connectivity index (χ2v) is 4.01. The molecule has 0 heterocycles. The molecule has 1 N–H and O–H groups in total. The first-order chi connectivity index (χ1) is 6.19. The van der Waals surface area contributed by atoms with E-state index in [1.54, 1.807) is 7.11 Å². The van der Waals surface area contributed by atoms with Gasteiger partial charge < -0.3 is 10.1 Å². The van der Waals surface area contributed by atoms with Crippen molar-refractivity contribution in [2.75, 3.05) is 14.2 Å². The van der Waals surface area contributed by atoms with Gasteiger partial charge in [0.15, 0.2) is 0 Å². The first-order valence-electron chi connectivity index (χ1n) is 3.87. The van der Waals surface area contributed by atoms with Gasteiger partial charge >= 0.3 is 0 Å². The Balaban J connectivity index is 3.07. The minimum atomic E-state index is -0.00699. The third-order valence-corrected chi connectivity index (χ3v) is 2.79. The van der Waals surface area contributed by atoms with Gasteiger partial charge in [-0.25, -0.2) is 0 Å². The van der Waals surface area contributed by atoms with Gasteiger partial charge in [-0.2, -0.15) is 12.6 Å². The van der Waals surface area contributed by atoms with Crippen molar-refractivity contribution in [2.45, 2.75) is 5.37 Å². The summed E-state index contributed by atoms with van der Waals surface area (Å²) in [6.45, 7) is 0. The van der Waals surface area contributed by atoms with E-state index in [2.05, 4.69) is 33.9 Å². The Labute approximate surface area is 92.2 Å². The lowest BCUT2D eigenvalue weighted by atomic mass is 10.2. The molecule has 0 radical (unpaired) electrons. The highest BCUT2D eigenvalue weighted by Gasteiger charge is 2.10. The van der Waals surface area contributed by atoms with Gasteiger partial charge in [-0.15, -0.1) is 0 Å². The Hall–Kier alpha value is -0.190. The fraction of sp³-hybridized carbons (Fsp3) is 0.333. The minimum Gasteiger partial charge on any atom is -0.496 e. The van der Waals surface area contributed by atoms with Crippen molar-refractivity contribution in [3.8, 4) is 5.75 Å². The van der Waals surface area contributed by atoms with Crippen LogP contribution in [-0.4, -0.2) is 14.2 Å². The predicted molar refractivity (Wildman–Crippen MR) is 61.5 cm³/mol. The van der Waals surface area contributed by atoms with Crippen molar-refractivity contribution in [2.24, 2.45) is 0 Å². The Morgan fingerprint density at radius 3 is 2.77 bits per heavy atom. The summed E-state index contributed by atoms with van der Waals surface area (Å²) in [6.07, 6.45) is 0. The van der Waals surface area contributed by atoms with Crippen molar-refractivity contribution < 1.29 is 4.74 Å². The second kappa shape index (κ2) is 4.88. The number of nitrogens with one attached hydrogen (secondary N) is 1. The van der Waals surface area contributed by atoms with Crippen LogP contribution in [0.5, 0.6) is 5.75 Å². The molecule has 0 spiro atoms. The van der Waals surface area contributed by atoms with Gasteiger partial charge in [-0.3, -0.25) is 0 Å². The minimum absolute atomic E-state index is 0.00699. The van der Waals surface area contributed by atoms with Crippen molar-refractivity contribution in [3.05, 3.63) is 28.2 Å². The topological polar surface area (TPSA) is 21.3 Å². The zero-order chi connectivity index (χ0) is 9.84. The average molecular weight is 262 g/mol. The summed E-state index contributed by atoms with van der Waals surface area (Å²) in [5.74, 6) is 0.845. The molecule has 0 aliphatic rings. The largest absolute Gasteiger partial charge is 0.496 e. The molecule has 0 saturated heterocycles. The highest BCUT2D eigenvalue weighted by molar-refractivity contribution is 9.10. The number of benzene rings is 1. The number of thiol groups is 1. The van der Waals surface area contributed by atoms with Crippen molar-refractivity contribution >= 4 is 28.6 Å². The Kier molecular flexibility index (Phi) is 4.09. The first kappa shape index (κ1) is 10.9. The molecule has 1 aromatic rings. The van der Waals surface area contributed by atoms with Gasteiger partial charge in [-0.1, -0.05) is 15.9 Å². The molecule has 72 valence electrons. The molecule has 4 heteroatoms. The van der Waals surface area contributed by atoms with E-state index in [1.165, 1.54) is 0 Å². The number of rotatable bonds is 3. The number of hydrogen-bond acceptors (Lipinski definition) is 3. The van der Waals surface area contributed by atoms with Crippen LogP contribution in [0, 0.1) is 0 Å². The highest BCUT2D eigenvalue weighted by Crippen LogP contribution is 2.29. The standard InChI is InChI=1S/C9H12BrNOS/c1-11-9(13)7-5-6(10)3-4-8(7)12-2/h3-5,9,11,13H,1-2H3. The lowest BCUT2D eigenvalue weighted by molar-refractivity contribution is 0.408. The van der Waals surface area contributed by atoms with E-state index in [9.17, 15) is 0 Å². The molecule has 0 aliphatic carbocycles. The van der Waals surface area contributed by atoms with E-state index in [-0.39, 0.29) is 5.37 Å². The lowest BCUT2D eigenvalue weighted by Crippen LogP contribution is -2.11. The van der Waals surface area contributed by atoms with Crippen LogP contribution in [0.1, 0.15) is 10.9 Å². The molecule has 0 aromatic heterocycles. The molecule has 0 fully saturated rings. The summed E-state index contributed by atoms with van der Waals surface area (Å²) in [7, 11) is 3.51. The van der Waals surface area contributed by atoms with Gasteiger partial charge in [0.1, 0.15) is 5.75 Å². The van der Waals surface area contributed by atoms with Crippen LogP contribution in [0.25, 0.3) is 0 Å². The summed E-state index contributed by atoms with van der Waals surface area (Å²) in [5.41, 5.74) is 1.03. The van der Waals surface area contributed by atoms with Gasteiger partial charge in [0.2, 0.25) is 0 Å². The SMILES string of the molecule is CNC(S)c1cc(Br)ccc1OC. The monoisotopic (exact) mass is 261 g/mol. The van der Waals surface area contributed by atoms with E-state index in [4.69, 9.17) is 4.74 Å². The Morgan fingerprint density at radius 2 is 2.23 bits per heavy atom. The van der Waals surface area contributed by atoms with Crippen molar-refractivity contribution in [3.63, 3.8) is 0 Å². The van der Waals surface area contributed by atoms with Gasteiger partial charge in [-0.05, 0) is 25.2 Å². The zero-order valence-electron chi connectivity index (χ0n) is 7.54. The van der Waals surface area contributed by atoms with Crippen molar-refractivity contribution in [1.29, 1.82) is 0 Å². The highest BCUT2D eigenvalue weighted by atomic mass is 79.9. The molecule has 0 saturated carbocycles. The smallest absolute Gasteiger partial charge is 0.124 e. The maximum atomic E-state index is 5.21. The normalized spacial score (nSPS) is 12.6. The first-order valence-corrected chi connectivity index (χ1v) is 5.18. The van der Waals surface area contributed by atoms with Crippen LogP contribution in [0.2, 0.25) is 0 Å². The maximum Gasteiger partial charge on any atom is 0.124 e. The molecule has 0 amide bonds. The summed E-state index contributed by atoms with van der Waals surface area (Å²) in [4.78, 5) is 0. The van der Waals surface area contributed by atoms with Crippen LogP contribution in [-0.2, 0) is 0 Å². The van der Waals surface area contributed by atoms with E-state index in [1.807, 2.05) is 25.2 Å². The number of halogens is 1. The summed E-state index contributed by atoms with van der Waals surface area (Å²) in [5, 5.41) is 3.04. The molecule has 13 heavy (non-hydrogen) atoms. The molecule has 1 atom stereocenters.